The standard InChI is InChI=1S/C19H29N3O2/c23-11-5-10-20-19(24)21-18-9-4-8-16-13-22(14-17(16)18)12-15-6-2-1-3-7-15/h1-3,6-7,16-18,23H,4-5,8-14H2,(H2,20,21,24). The third kappa shape index (κ3) is 4.48. The molecule has 1 heterocycles. The van der Waals surface area contributed by atoms with Gasteiger partial charge in [-0.2, -0.15) is 0 Å². The summed E-state index contributed by atoms with van der Waals surface area (Å²) in [6, 6.07) is 10.8. The van der Waals surface area contributed by atoms with Gasteiger partial charge in [0, 0.05) is 38.8 Å². The third-order valence-corrected chi connectivity index (χ3v) is 5.36. The van der Waals surface area contributed by atoms with E-state index in [-0.39, 0.29) is 18.7 Å². The van der Waals surface area contributed by atoms with E-state index in [1.165, 1.54) is 18.4 Å². The van der Waals surface area contributed by atoms with Gasteiger partial charge in [0.2, 0.25) is 0 Å². The number of aliphatic hydroxyl groups excluding tert-OH is 1. The van der Waals surface area contributed by atoms with E-state index in [1.54, 1.807) is 0 Å². The molecular weight excluding hydrogens is 302 g/mol. The Morgan fingerprint density at radius 2 is 2.04 bits per heavy atom. The zero-order chi connectivity index (χ0) is 16.8. The van der Waals surface area contributed by atoms with E-state index in [0.29, 0.717) is 24.8 Å². The van der Waals surface area contributed by atoms with E-state index in [4.69, 9.17) is 5.11 Å². The minimum absolute atomic E-state index is 0.0874. The van der Waals surface area contributed by atoms with Gasteiger partial charge in [-0.25, -0.2) is 4.79 Å². The number of carbonyl (C=O) groups excluding carboxylic acids is 1. The number of rotatable bonds is 6. The van der Waals surface area contributed by atoms with Crippen LogP contribution in [0.3, 0.4) is 0 Å². The van der Waals surface area contributed by atoms with Gasteiger partial charge in [0.1, 0.15) is 0 Å². The average molecular weight is 331 g/mol. The predicted molar refractivity (Wildman–Crippen MR) is 94.6 cm³/mol. The topological polar surface area (TPSA) is 64.6 Å². The molecule has 2 amide bonds. The number of urea groups is 1. The summed E-state index contributed by atoms with van der Waals surface area (Å²) in [6.45, 7) is 3.86. The Balaban J connectivity index is 1.52. The molecule has 1 aromatic rings. The zero-order valence-electron chi connectivity index (χ0n) is 14.3. The summed E-state index contributed by atoms with van der Waals surface area (Å²) in [4.78, 5) is 14.6. The summed E-state index contributed by atoms with van der Waals surface area (Å²) in [6.07, 6.45) is 4.16. The highest BCUT2D eigenvalue weighted by Gasteiger charge is 2.40. The van der Waals surface area contributed by atoms with Crippen molar-refractivity contribution in [3.63, 3.8) is 0 Å². The number of fused-ring (bicyclic) bond motifs is 1. The van der Waals surface area contributed by atoms with E-state index in [1.807, 2.05) is 0 Å². The molecule has 5 heteroatoms. The van der Waals surface area contributed by atoms with Crippen molar-refractivity contribution in [3.05, 3.63) is 35.9 Å². The monoisotopic (exact) mass is 331 g/mol. The van der Waals surface area contributed by atoms with Gasteiger partial charge < -0.3 is 15.7 Å². The second kappa shape index (κ2) is 8.49. The molecule has 1 aliphatic carbocycles. The highest BCUT2D eigenvalue weighted by molar-refractivity contribution is 5.74. The highest BCUT2D eigenvalue weighted by Crippen LogP contribution is 2.36. The molecule has 3 unspecified atom stereocenters. The number of carbonyl (C=O) groups is 1. The molecule has 0 radical (unpaired) electrons. The van der Waals surface area contributed by atoms with Crippen molar-refractivity contribution < 1.29 is 9.90 Å². The lowest BCUT2D eigenvalue weighted by atomic mass is 9.78. The molecule has 3 rings (SSSR count). The Bertz CT molecular complexity index is 523. The van der Waals surface area contributed by atoms with Gasteiger partial charge in [-0.1, -0.05) is 36.8 Å². The maximum atomic E-state index is 12.0. The summed E-state index contributed by atoms with van der Waals surface area (Å²) < 4.78 is 0. The fourth-order valence-electron chi connectivity index (χ4n) is 4.21. The molecule has 3 N–H and O–H groups in total. The van der Waals surface area contributed by atoms with Gasteiger partial charge in [0.05, 0.1) is 0 Å². The van der Waals surface area contributed by atoms with Gasteiger partial charge >= 0.3 is 6.03 Å². The Morgan fingerprint density at radius 3 is 2.83 bits per heavy atom. The zero-order valence-corrected chi connectivity index (χ0v) is 14.3. The van der Waals surface area contributed by atoms with Crippen molar-refractivity contribution in [3.8, 4) is 0 Å². The van der Waals surface area contributed by atoms with Crippen LogP contribution in [0.15, 0.2) is 30.3 Å². The fourth-order valence-corrected chi connectivity index (χ4v) is 4.21. The number of nitrogens with one attached hydrogen (secondary N) is 2. The van der Waals surface area contributed by atoms with Crippen LogP contribution in [0, 0.1) is 11.8 Å². The van der Waals surface area contributed by atoms with Crippen LogP contribution in [0.5, 0.6) is 0 Å². The second-order valence-corrected chi connectivity index (χ2v) is 7.12. The lowest BCUT2D eigenvalue weighted by molar-refractivity contribution is 0.202. The van der Waals surface area contributed by atoms with Crippen LogP contribution < -0.4 is 10.6 Å². The largest absolute Gasteiger partial charge is 0.396 e. The minimum Gasteiger partial charge on any atom is -0.396 e. The first-order chi connectivity index (χ1) is 11.8. The van der Waals surface area contributed by atoms with Crippen molar-refractivity contribution >= 4 is 6.03 Å². The van der Waals surface area contributed by atoms with Crippen molar-refractivity contribution in [2.45, 2.75) is 38.3 Å². The number of hydrogen-bond donors (Lipinski definition) is 3. The number of nitrogens with zero attached hydrogens (tertiary/aromatic N) is 1. The summed E-state index contributed by atoms with van der Waals surface area (Å²) in [7, 11) is 0. The molecule has 0 spiro atoms. The SMILES string of the molecule is O=C(NCCCO)NC1CCCC2CN(Cc3ccccc3)CC21. The van der Waals surface area contributed by atoms with E-state index < -0.39 is 0 Å². The van der Waals surface area contributed by atoms with E-state index >= 15 is 0 Å². The Hall–Kier alpha value is -1.59. The summed E-state index contributed by atoms with van der Waals surface area (Å²) >= 11 is 0. The van der Waals surface area contributed by atoms with Gasteiger partial charge in [-0.3, -0.25) is 4.90 Å². The molecule has 0 bridgehead atoms. The molecule has 24 heavy (non-hydrogen) atoms. The molecule has 1 aromatic carbocycles. The first-order valence-electron chi connectivity index (χ1n) is 9.18. The van der Waals surface area contributed by atoms with Crippen LogP contribution in [0.4, 0.5) is 4.79 Å². The summed E-state index contributed by atoms with van der Waals surface area (Å²) in [5, 5.41) is 14.8. The molecular formula is C19H29N3O2. The maximum absolute atomic E-state index is 12.0. The van der Waals surface area contributed by atoms with Crippen LogP contribution in [0.2, 0.25) is 0 Å². The molecule has 5 nitrogen and oxygen atoms in total. The molecule has 132 valence electrons. The van der Waals surface area contributed by atoms with Gasteiger partial charge in [0.25, 0.3) is 0 Å². The first-order valence-corrected chi connectivity index (χ1v) is 9.18. The number of hydrogen-bond acceptors (Lipinski definition) is 3. The number of benzene rings is 1. The fraction of sp³-hybridized carbons (Fsp3) is 0.632. The Labute approximate surface area is 144 Å². The van der Waals surface area contributed by atoms with Crippen LogP contribution >= 0.6 is 0 Å². The molecule has 3 atom stereocenters. The van der Waals surface area contributed by atoms with Crippen molar-refractivity contribution in [2.75, 3.05) is 26.2 Å². The number of amides is 2. The van der Waals surface area contributed by atoms with Gasteiger partial charge in [-0.15, -0.1) is 0 Å². The van der Waals surface area contributed by atoms with E-state index in [0.717, 1.165) is 26.1 Å². The lowest BCUT2D eigenvalue weighted by Crippen LogP contribution is -2.49. The quantitative estimate of drug-likeness (QED) is 0.698. The smallest absolute Gasteiger partial charge is 0.315 e. The van der Waals surface area contributed by atoms with Crippen LogP contribution in [0.25, 0.3) is 0 Å². The molecule has 1 saturated heterocycles. The minimum atomic E-state index is -0.0874. The normalized spacial score (nSPS) is 26.8. The van der Waals surface area contributed by atoms with E-state index in [2.05, 4.69) is 45.9 Å². The number of likely N-dealkylation sites (tertiary alicyclic amines) is 1. The van der Waals surface area contributed by atoms with Crippen LogP contribution in [-0.4, -0.2) is 48.3 Å². The maximum Gasteiger partial charge on any atom is 0.315 e. The molecule has 1 aliphatic heterocycles. The molecule has 2 aliphatic rings. The van der Waals surface area contributed by atoms with Crippen LogP contribution in [-0.2, 0) is 6.54 Å². The van der Waals surface area contributed by atoms with E-state index in [9.17, 15) is 4.79 Å². The molecule has 2 fully saturated rings. The second-order valence-electron chi connectivity index (χ2n) is 7.12. The first kappa shape index (κ1) is 17.2. The third-order valence-electron chi connectivity index (χ3n) is 5.36. The van der Waals surface area contributed by atoms with Crippen molar-refractivity contribution in [1.29, 1.82) is 0 Å². The van der Waals surface area contributed by atoms with Crippen molar-refractivity contribution in [1.82, 2.24) is 15.5 Å². The molecule has 0 aromatic heterocycles. The van der Waals surface area contributed by atoms with Gasteiger partial charge in [-0.05, 0) is 36.7 Å². The van der Waals surface area contributed by atoms with Crippen molar-refractivity contribution in [2.24, 2.45) is 11.8 Å². The summed E-state index contributed by atoms with van der Waals surface area (Å²) in [5.74, 6) is 1.26. The molecule has 1 saturated carbocycles. The Morgan fingerprint density at radius 1 is 1.21 bits per heavy atom. The summed E-state index contributed by atoms with van der Waals surface area (Å²) in [5.41, 5.74) is 1.36. The highest BCUT2D eigenvalue weighted by atomic mass is 16.3. The van der Waals surface area contributed by atoms with Gasteiger partial charge in [0.15, 0.2) is 0 Å². The van der Waals surface area contributed by atoms with Crippen LogP contribution in [0.1, 0.15) is 31.2 Å². The number of aliphatic hydroxyl groups is 1. The average Bonchev–Trinajstić information content (AvgIpc) is 2.99. The lowest BCUT2D eigenvalue weighted by Gasteiger charge is -2.33. The predicted octanol–water partition coefficient (Wildman–Crippen LogP) is 1.97. The Kier molecular flexibility index (Phi) is 6.10.